The maximum Gasteiger partial charge on any atom is 0.431 e. The molecule has 4 aromatic heterocycles. The molecule has 2 spiro atoms. The van der Waals surface area contributed by atoms with Crippen LogP contribution in [0.1, 0.15) is 307 Å². The topological polar surface area (TPSA) is 164 Å². The van der Waals surface area contributed by atoms with Crippen LogP contribution in [0.15, 0.2) is 182 Å². The summed E-state index contributed by atoms with van der Waals surface area (Å²) in [5.41, 5.74) is 24.8. The smallest absolute Gasteiger partial charge is 0.384 e. The number of halogens is 6. The Balaban J connectivity index is 0.000000148. The van der Waals surface area contributed by atoms with E-state index in [9.17, 15) is 45.5 Å². The fourth-order valence-corrected chi connectivity index (χ4v) is 17.4. The van der Waals surface area contributed by atoms with E-state index < -0.39 is 23.6 Å². The first kappa shape index (κ1) is 104. The maximum absolute atomic E-state index is 12.7. The van der Waals surface area contributed by atoms with Gasteiger partial charge in [-0.2, -0.15) is 26.3 Å². The number of nitrogens with zero attached hydrogens (tertiary/aromatic N) is 4. The Labute approximate surface area is 792 Å². The van der Waals surface area contributed by atoms with Gasteiger partial charge < -0.3 is 41.0 Å². The molecule has 2 amide bonds. The number of aromatic amines is 2. The Morgan fingerprint density at radius 2 is 0.843 bits per heavy atom. The molecule has 720 valence electrons. The van der Waals surface area contributed by atoms with Crippen LogP contribution in [-0.4, -0.2) is 101 Å². The molecule has 8 aromatic carbocycles. The maximum atomic E-state index is 12.7. The zero-order valence-electron chi connectivity index (χ0n) is 85.3. The summed E-state index contributed by atoms with van der Waals surface area (Å²) in [4.78, 5) is 56.1. The van der Waals surface area contributed by atoms with E-state index in [2.05, 4.69) is 273 Å². The van der Waals surface area contributed by atoms with Crippen LogP contribution in [0.25, 0.3) is 43.6 Å². The number of rotatable bonds is 4. The number of anilines is 4. The standard InChI is InChI=1S/C18H25N3O2.C16H21NO.C14H17NO.C14H19N.C14H21N.2C13H14F3N.C12H17N/c1-18(2,3)14-7-6-13-8-9-21(15(13)10-14)17(23)12-20(5)16(22)11-19-4;1-11(18)17-10-16(7-8-16)13-6-5-12(9-14(13)17)15(2,3)4;1-10(16)15-8-7-11-5-6-12(9-13(11)15)14(2,3)4;1-13(2,3)10-4-5-11-12(8-10)15-9-14(11)6-7-14;1-13(2,3)10-6-7-11-12(8-10)15-9-14(11,4)5;1-12(2,3)8-4-5-9-10(13(14,15)16)7-17-11(9)6-8;1-12(2,3)9-5-4-8-6-11(13(14,15)16)17-10(8)7-9;1-12(2,3)10-5-4-9-6-7-13-11(9)8-10/h6-10,19H,11-12H2,1-5H3;5-6,9H,7-8,10H2,1-4H3;5-9H,1-4H3;4-5,8,15H,6-7,9H2,1-3H3;6-8,15H,9H2,1-5H3;2*4-7,17H,1-3H3;4-5,8,13H,6-7H2,1-3H3. The molecule has 12 aromatic rings. The number of nitrogens with one attached hydrogen (secondary N) is 6. The SMILES string of the molecule is CC(=O)N1CC2(CC2)c2ccc(C(C)(C)C)cc21.CC(=O)n1ccc2ccc(C(C)(C)C)cc21.CC(C)(C)c1ccc2c(C(F)(F)F)c[nH]c2c1.CC(C)(C)c1ccc2c(c1)NCC2.CC(C)(C)c1ccc2c(c1)NCC2(C)C.CC(C)(C)c1ccc2c(c1)NCC21CC1.CC(C)(C)c1ccc2cc(C(F)(F)F)[nH]c2c1.CNCC(=O)N(C)CC(=O)n1ccc2ccc(C(C)(C)C)cc21. The van der Waals surface area contributed by atoms with Gasteiger partial charge in [0.1, 0.15) is 12.2 Å². The number of hydrogen-bond acceptors (Lipinski definition) is 8. The molecule has 18 rings (SSSR count). The molecule has 2 aliphatic carbocycles. The number of carbonyl (C=O) groups is 4. The van der Waals surface area contributed by atoms with Crippen molar-refractivity contribution in [1.29, 1.82) is 0 Å². The van der Waals surface area contributed by atoms with Crippen LogP contribution in [0.3, 0.4) is 0 Å². The van der Waals surface area contributed by atoms with Crippen LogP contribution in [0.4, 0.5) is 49.1 Å². The van der Waals surface area contributed by atoms with Crippen molar-refractivity contribution in [3.05, 3.63) is 260 Å². The first-order chi connectivity index (χ1) is 61.7. The number of hydrogen-bond donors (Lipinski definition) is 6. The molecule has 2 fully saturated rings. The van der Waals surface area contributed by atoms with Crippen LogP contribution in [0.2, 0.25) is 0 Å². The zero-order valence-corrected chi connectivity index (χ0v) is 85.3. The largest absolute Gasteiger partial charge is 0.431 e. The quantitative estimate of drug-likeness (QED) is 0.0948. The molecule has 0 saturated heterocycles. The highest BCUT2D eigenvalue weighted by atomic mass is 19.4. The number of carbonyl (C=O) groups excluding carboxylic acids is 4. The van der Waals surface area contributed by atoms with E-state index in [-0.39, 0.29) is 90.8 Å². The summed E-state index contributed by atoms with van der Waals surface area (Å²) >= 11 is 0. The molecule has 2 saturated carbocycles. The van der Waals surface area contributed by atoms with E-state index in [1.165, 1.54) is 110 Å². The second-order valence-corrected chi connectivity index (χ2v) is 46.6. The van der Waals surface area contributed by atoms with Gasteiger partial charge in [-0.25, -0.2) is 0 Å². The highest BCUT2D eigenvalue weighted by molar-refractivity contribution is 5.97. The lowest BCUT2D eigenvalue weighted by atomic mass is 9.82. The van der Waals surface area contributed by atoms with E-state index >= 15 is 0 Å². The summed E-state index contributed by atoms with van der Waals surface area (Å²) in [6.07, 6.45) is 2.41. The van der Waals surface area contributed by atoms with Gasteiger partial charge in [0.05, 0.1) is 23.1 Å². The third-order valence-electron chi connectivity index (χ3n) is 26.9. The lowest BCUT2D eigenvalue weighted by Crippen LogP contribution is -2.38. The van der Waals surface area contributed by atoms with E-state index in [0.29, 0.717) is 27.2 Å². The van der Waals surface area contributed by atoms with Gasteiger partial charge >= 0.3 is 12.4 Å². The molecule has 0 unspecified atom stereocenters. The minimum Gasteiger partial charge on any atom is -0.384 e. The number of H-pyrrole nitrogens is 2. The van der Waals surface area contributed by atoms with Gasteiger partial charge in [-0.3, -0.25) is 28.3 Å². The third-order valence-corrected chi connectivity index (χ3v) is 26.9. The van der Waals surface area contributed by atoms with Crippen molar-refractivity contribution in [2.75, 3.05) is 74.2 Å². The number of alkyl halides is 6. The average Bonchev–Trinajstić information content (AvgIpc) is 1.56. The van der Waals surface area contributed by atoms with Crippen LogP contribution < -0.4 is 26.2 Å². The zero-order chi connectivity index (χ0) is 99.4. The number of aromatic nitrogens is 4. The van der Waals surface area contributed by atoms with Crippen molar-refractivity contribution in [2.24, 2.45) is 0 Å². The third kappa shape index (κ3) is 24.7. The van der Waals surface area contributed by atoms with Gasteiger partial charge in [0.25, 0.3) is 5.91 Å². The monoisotopic (exact) mass is 1840 g/mol. The number of fused-ring (bicyclic) bond motifs is 10. The summed E-state index contributed by atoms with van der Waals surface area (Å²) in [7, 11) is 3.35. The van der Waals surface area contributed by atoms with Gasteiger partial charge in [-0.1, -0.05) is 277 Å². The highest BCUT2D eigenvalue weighted by Gasteiger charge is 2.53. The van der Waals surface area contributed by atoms with E-state index in [1.54, 1.807) is 73.1 Å². The van der Waals surface area contributed by atoms with E-state index in [1.807, 2.05) is 76.9 Å². The fraction of sp³-hybridized carbons (Fsp3) is 0.474. The molecule has 14 nitrogen and oxygen atoms in total. The van der Waals surface area contributed by atoms with E-state index in [4.69, 9.17) is 0 Å². The lowest BCUT2D eigenvalue weighted by molar-refractivity contribution is -0.140. The summed E-state index contributed by atoms with van der Waals surface area (Å²) in [5.74, 6) is 0.0119. The fourth-order valence-electron chi connectivity index (χ4n) is 17.4. The first-order valence-electron chi connectivity index (χ1n) is 47.4. The van der Waals surface area contributed by atoms with Crippen LogP contribution in [0, 0.1) is 0 Å². The Hall–Kier alpha value is -10.9. The molecule has 0 bridgehead atoms. The number of likely N-dealkylation sites (N-methyl/N-ethyl adjacent to an activating group) is 2. The summed E-state index contributed by atoms with van der Waals surface area (Å²) < 4.78 is 78.9. The molecule has 4 aliphatic heterocycles. The molecular weight excluding hydrogens is 1690 g/mol. The van der Waals surface area contributed by atoms with Crippen molar-refractivity contribution >= 4 is 90.0 Å². The highest BCUT2D eigenvalue weighted by Crippen LogP contribution is 2.58. The van der Waals surface area contributed by atoms with Gasteiger partial charge in [0, 0.05) is 137 Å². The van der Waals surface area contributed by atoms with Gasteiger partial charge in [0.2, 0.25) is 17.7 Å². The molecule has 134 heavy (non-hydrogen) atoms. The predicted octanol–water partition coefficient (Wildman–Crippen LogP) is 28.3. The molecule has 6 N–H and O–H groups in total. The number of amides is 2. The Morgan fingerprint density at radius 1 is 0.425 bits per heavy atom. The predicted molar refractivity (Wildman–Crippen MR) is 546 cm³/mol. The van der Waals surface area contributed by atoms with Crippen molar-refractivity contribution in [1.82, 2.24) is 29.3 Å². The van der Waals surface area contributed by atoms with Crippen molar-refractivity contribution < 1.29 is 45.5 Å². The van der Waals surface area contributed by atoms with Crippen LogP contribution >= 0.6 is 0 Å². The lowest BCUT2D eigenvalue weighted by Gasteiger charge is -2.22. The Morgan fingerprint density at radius 3 is 1.32 bits per heavy atom. The normalized spacial score (nSPS) is 15.4. The van der Waals surface area contributed by atoms with Gasteiger partial charge in [0.15, 0.2) is 0 Å². The molecule has 0 radical (unpaired) electrons. The van der Waals surface area contributed by atoms with Crippen molar-refractivity contribution in [3.8, 4) is 0 Å². The second-order valence-electron chi connectivity index (χ2n) is 46.6. The average molecular weight is 1840 g/mol. The van der Waals surface area contributed by atoms with Gasteiger partial charge in [-0.15, -0.1) is 0 Å². The molecule has 8 heterocycles. The second kappa shape index (κ2) is 38.4. The van der Waals surface area contributed by atoms with Crippen molar-refractivity contribution in [2.45, 2.75) is 298 Å². The summed E-state index contributed by atoms with van der Waals surface area (Å²) in [6, 6.07) is 55.4. The van der Waals surface area contributed by atoms with E-state index in [0.717, 1.165) is 77.1 Å². The van der Waals surface area contributed by atoms with Crippen LogP contribution in [-0.2, 0) is 87.9 Å². The summed E-state index contributed by atoms with van der Waals surface area (Å²) in [6.45, 7) is 64.5. The molecule has 20 heteroatoms. The molecule has 0 atom stereocenters. The van der Waals surface area contributed by atoms with Crippen molar-refractivity contribution in [3.63, 3.8) is 0 Å². The number of benzene rings is 8. The summed E-state index contributed by atoms with van der Waals surface area (Å²) in [5, 5.41) is 16.2. The van der Waals surface area contributed by atoms with Crippen LogP contribution in [0.5, 0.6) is 0 Å². The molecular formula is C114H148F6N10O4. The minimum absolute atomic E-state index is 0.0197. The Kier molecular flexibility index (Phi) is 29.7. The first-order valence-corrected chi connectivity index (χ1v) is 47.4. The minimum atomic E-state index is -4.32. The Bertz CT molecular complexity index is 6150. The molecule has 6 aliphatic rings. The van der Waals surface area contributed by atoms with Gasteiger partial charge in [-0.05, 0) is 216 Å².